The van der Waals surface area contributed by atoms with Crippen LogP contribution < -0.4 is 15.4 Å². The first-order chi connectivity index (χ1) is 11.3. The van der Waals surface area contributed by atoms with Crippen LogP contribution in [-0.4, -0.2) is 24.3 Å². The Hall–Kier alpha value is -2.50. The summed E-state index contributed by atoms with van der Waals surface area (Å²) in [6.45, 7) is 9.36. The monoisotopic (exact) mass is 331 g/mol. The highest BCUT2D eigenvalue weighted by molar-refractivity contribution is 5.88. The Morgan fingerprint density at radius 1 is 1.25 bits per heavy atom. The fraction of sp³-hybridized carbons (Fsp3) is 0.444. The van der Waals surface area contributed by atoms with Crippen molar-refractivity contribution in [2.45, 2.75) is 39.5 Å². The van der Waals surface area contributed by atoms with Crippen molar-refractivity contribution in [1.82, 2.24) is 10.5 Å². The molecule has 0 saturated carbocycles. The topological polar surface area (TPSA) is 76.4 Å². The van der Waals surface area contributed by atoms with E-state index in [1.807, 2.05) is 12.1 Å². The zero-order chi connectivity index (χ0) is 17.6. The van der Waals surface area contributed by atoms with Gasteiger partial charge in [0.1, 0.15) is 11.5 Å². The highest BCUT2D eigenvalue weighted by Gasteiger charge is 2.12. The summed E-state index contributed by atoms with van der Waals surface area (Å²) < 4.78 is 10.6. The van der Waals surface area contributed by atoms with E-state index in [-0.39, 0.29) is 11.4 Å². The second kappa shape index (κ2) is 7.86. The molecular formula is C18H25N3O3. The highest BCUT2D eigenvalue weighted by atomic mass is 16.5. The van der Waals surface area contributed by atoms with E-state index in [0.717, 1.165) is 5.75 Å². The molecule has 2 N–H and O–H groups in total. The van der Waals surface area contributed by atoms with Gasteiger partial charge in [-0.2, -0.15) is 0 Å². The van der Waals surface area contributed by atoms with Crippen molar-refractivity contribution in [3.05, 3.63) is 41.7 Å². The number of aromatic nitrogens is 1. The van der Waals surface area contributed by atoms with Gasteiger partial charge in [0.2, 0.25) is 0 Å². The van der Waals surface area contributed by atoms with E-state index in [2.05, 4.69) is 48.7 Å². The maximum absolute atomic E-state index is 11.6. The number of urea groups is 1. The molecule has 1 aromatic carbocycles. The van der Waals surface area contributed by atoms with Crippen molar-refractivity contribution in [3.63, 3.8) is 0 Å². The third kappa shape index (κ3) is 5.61. The number of amides is 2. The van der Waals surface area contributed by atoms with Crippen LogP contribution in [0.4, 0.5) is 10.6 Å². The molecule has 0 spiro atoms. The molecule has 0 radical (unpaired) electrons. The van der Waals surface area contributed by atoms with Crippen LogP contribution in [0.2, 0.25) is 0 Å². The third-order valence-electron chi connectivity index (χ3n) is 3.47. The lowest BCUT2D eigenvalue weighted by Gasteiger charge is -2.19. The second-order valence-electron chi connectivity index (χ2n) is 6.68. The molecule has 0 unspecified atom stereocenters. The summed E-state index contributed by atoms with van der Waals surface area (Å²) >= 11 is 0. The van der Waals surface area contributed by atoms with Gasteiger partial charge < -0.3 is 14.6 Å². The molecule has 6 nitrogen and oxygen atoms in total. The standard InChI is InChI=1S/C18H25N3O3/c1-13-12-16(21-24-13)20-17(22)19-10-5-11-23-15-8-6-14(7-9-15)18(2,3)4/h6-9,12H,5,10-11H2,1-4H3,(H2,19,20,21,22). The van der Waals surface area contributed by atoms with Gasteiger partial charge in [0.15, 0.2) is 5.82 Å². The minimum absolute atomic E-state index is 0.137. The molecule has 2 rings (SSSR count). The fourth-order valence-electron chi connectivity index (χ4n) is 2.10. The second-order valence-corrected chi connectivity index (χ2v) is 6.68. The van der Waals surface area contributed by atoms with E-state index < -0.39 is 0 Å². The Balaban J connectivity index is 1.63. The smallest absolute Gasteiger partial charge is 0.320 e. The van der Waals surface area contributed by atoms with Gasteiger partial charge in [-0.3, -0.25) is 5.32 Å². The fourth-order valence-corrected chi connectivity index (χ4v) is 2.10. The Morgan fingerprint density at radius 3 is 2.54 bits per heavy atom. The molecule has 0 aliphatic rings. The van der Waals surface area contributed by atoms with Crippen LogP contribution in [0.25, 0.3) is 0 Å². The average molecular weight is 331 g/mol. The molecule has 2 aromatic rings. The first-order valence-electron chi connectivity index (χ1n) is 8.06. The van der Waals surface area contributed by atoms with Gasteiger partial charge in [-0.25, -0.2) is 4.79 Å². The molecule has 24 heavy (non-hydrogen) atoms. The van der Waals surface area contributed by atoms with E-state index in [1.165, 1.54) is 5.56 Å². The van der Waals surface area contributed by atoms with Gasteiger partial charge in [0.05, 0.1) is 6.61 Å². The first-order valence-corrected chi connectivity index (χ1v) is 8.06. The maximum Gasteiger partial charge on any atom is 0.320 e. The van der Waals surface area contributed by atoms with E-state index in [4.69, 9.17) is 9.26 Å². The largest absolute Gasteiger partial charge is 0.494 e. The van der Waals surface area contributed by atoms with Gasteiger partial charge in [0.25, 0.3) is 0 Å². The number of nitrogens with zero attached hydrogens (tertiary/aromatic N) is 1. The van der Waals surface area contributed by atoms with Crippen LogP contribution in [0.5, 0.6) is 5.75 Å². The average Bonchev–Trinajstić information content (AvgIpc) is 2.91. The molecular weight excluding hydrogens is 306 g/mol. The van der Waals surface area contributed by atoms with Crippen LogP contribution in [0.1, 0.15) is 38.5 Å². The van der Waals surface area contributed by atoms with Crippen LogP contribution in [0.3, 0.4) is 0 Å². The first kappa shape index (κ1) is 17.8. The lowest BCUT2D eigenvalue weighted by Crippen LogP contribution is -2.30. The summed E-state index contributed by atoms with van der Waals surface area (Å²) in [7, 11) is 0. The predicted molar refractivity (Wildman–Crippen MR) is 93.5 cm³/mol. The zero-order valence-corrected chi connectivity index (χ0v) is 14.7. The van der Waals surface area contributed by atoms with Crippen molar-refractivity contribution in [2.75, 3.05) is 18.5 Å². The molecule has 1 aromatic heterocycles. The molecule has 0 aliphatic carbocycles. The lowest BCUT2D eigenvalue weighted by molar-refractivity contribution is 0.250. The van der Waals surface area contributed by atoms with Crippen molar-refractivity contribution >= 4 is 11.8 Å². The molecule has 0 atom stereocenters. The number of anilines is 1. The molecule has 0 fully saturated rings. The van der Waals surface area contributed by atoms with Gasteiger partial charge in [-0.15, -0.1) is 0 Å². The molecule has 1 heterocycles. The summed E-state index contributed by atoms with van der Waals surface area (Å²) in [5.74, 6) is 1.89. The SMILES string of the molecule is Cc1cc(NC(=O)NCCCOc2ccc(C(C)(C)C)cc2)no1. The Morgan fingerprint density at radius 2 is 1.96 bits per heavy atom. The van der Waals surface area contributed by atoms with Crippen molar-refractivity contribution in [2.24, 2.45) is 0 Å². The number of ether oxygens (including phenoxy) is 1. The number of aryl methyl sites for hydroxylation is 1. The van der Waals surface area contributed by atoms with Crippen LogP contribution in [0, 0.1) is 6.92 Å². The van der Waals surface area contributed by atoms with Gasteiger partial charge in [-0.05, 0) is 36.5 Å². The van der Waals surface area contributed by atoms with Crippen LogP contribution in [-0.2, 0) is 5.41 Å². The number of hydrogen-bond acceptors (Lipinski definition) is 4. The number of rotatable bonds is 6. The molecule has 0 bridgehead atoms. The zero-order valence-electron chi connectivity index (χ0n) is 14.7. The number of carbonyl (C=O) groups excluding carboxylic acids is 1. The summed E-state index contributed by atoms with van der Waals surface area (Å²) in [5.41, 5.74) is 1.41. The van der Waals surface area contributed by atoms with Gasteiger partial charge in [0, 0.05) is 12.6 Å². The minimum Gasteiger partial charge on any atom is -0.494 e. The summed E-state index contributed by atoms with van der Waals surface area (Å²) in [6.07, 6.45) is 0.715. The molecule has 0 aliphatic heterocycles. The predicted octanol–water partition coefficient (Wildman–Crippen LogP) is 3.87. The molecule has 0 saturated heterocycles. The molecule has 130 valence electrons. The van der Waals surface area contributed by atoms with Crippen molar-refractivity contribution in [1.29, 1.82) is 0 Å². The highest BCUT2D eigenvalue weighted by Crippen LogP contribution is 2.24. The van der Waals surface area contributed by atoms with Gasteiger partial charge in [-0.1, -0.05) is 38.1 Å². The van der Waals surface area contributed by atoms with Gasteiger partial charge >= 0.3 is 6.03 Å². The maximum atomic E-state index is 11.6. The molecule has 2 amide bonds. The summed E-state index contributed by atoms with van der Waals surface area (Å²) in [4.78, 5) is 11.6. The lowest BCUT2D eigenvalue weighted by atomic mass is 9.87. The normalized spacial score (nSPS) is 11.2. The Bertz CT molecular complexity index is 657. The number of carbonyl (C=O) groups is 1. The van der Waals surface area contributed by atoms with E-state index >= 15 is 0 Å². The Labute approximate surface area is 142 Å². The third-order valence-corrected chi connectivity index (χ3v) is 3.47. The van der Waals surface area contributed by atoms with Crippen molar-refractivity contribution in [3.8, 4) is 5.75 Å². The molecule has 6 heteroatoms. The van der Waals surface area contributed by atoms with Crippen LogP contribution in [0.15, 0.2) is 34.9 Å². The van der Waals surface area contributed by atoms with E-state index in [0.29, 0.717) is 31.2 Å². The van der Waals surface area contributed by atoms with E-state index in [9.17, 15) is 4.79 Å². The summed E-state index contributed by atoms with van der Waals surface area (Å²) in [5, 5.41) is 9.03. The number of benzene rings is 1. The van der Waals surface area contributed by atoms with Crippen LogP contribution >= 0.6 is 0 Å². The number of hydrogen-bond donors (Lipinski definition) is 2. The van der Waals surface area contributed by atoms with E-state index in [1.54, 1.807) is 13.0 Å². The van der Waals surface area contributed by atoms with Crippen molar-refractivity contribution < 1.29 is 14.1 Å². The summed E-state index contributed by atoms with van der Waals surface area (Å²) in [6, 6.07) is 9.48. The quantitative estimate of drug-likeness (QED) is 0.788. The Kier molecular flexibility index (Phi) is 5.84. The number of nitrogens with one attached hydrogen (secondary N) is 2. The minimum atomic E-state index is -0.308.